The average Bonchev–Trinajstić information content (AvgIpc) is 2.80. The summed E-state index contributed by atoms with van der Waals surface area (Å²) in [6, 6.07) is 2.54. The minimum absolute atomic E-state index is 0.106. The Kier molecular flexibility index (Phi) is 1.99. The lowest BCUT2D eigenvalue weighted by Crippen LogP contribution is -2.08. The first-order valence-corrected chi connectivity index (χ1v) is 5.08. The van der Waals surface area contributed by atoms with E-state index in [9.17, 15) is 8.78 Å². The van der Waals surface area contributed by atoms with Crippen LogP contribution in [0.2, 0.25) is 0 Å². The Morgan fingerprint density at radius 2 is 2.19 bits per heavy atom. The maximum Gasteiger partial charge on any atom is 0.220 e. The van der Waals surface area contributed by atoms with E-state index in [0.29, 0.717) is 5.56 Å². The molecule has 5 heteroatoms. The molecule has 2 aromatic heterocycles. The second-order valence-corrected chi connectivity index (χ2v) is 3.86. The first kappa shape index (κ1) is 9.45. The van der Waals surface area contributed by atoms with Gasteiger partial charge in [-0.3, -0.25) is 0 Å². The van der Waals surface area contributed by atoms with Crippen LogP contribution in [0.1, 0.15) is 23.7 Å². The van der Waals surface area contributed by atoms with Crippen LogP contribution in [-0.4, -0.2) is 14.5 Å². The third kappa shape index (κ3) is 1.31. The molecule has 1 aliphatic heterocycles. The summed E-state index contributed by atoms with van der Waals surface area (Å²) in [5.74, 6) is -1.52. The number of hydrogen-bond donors (Lipinski definition) is 0. The van der Waals surface area contributed by atoms with Crippen LogP contribution in [-0.2, 0) is 6.42 Å². The summed E-state index contributed by atoms with van der Waals surface area (Å²) in [5, 5.41) is 0. The van der Waals surface area contributed by atoms with Crippen LogP contribution in [0.25, 0.3) is 0 Å². The molecule has 2 aromatic rings. The number of nitrogens with zero attached hydrogens (tertiary/aromatic N) is 3. The number of imidazole rings is 1. The lowest BCUT2D eigenvalue weighted by atomic mass is 10.1. The molecule has 0 saturated heterocycles. The van der Waals surface area contributed by atoms with Crippen molar-refractivity contribution in [3.8, 4) is 0 Å². The van der Waals surface area contributed by atoms with Gasteiger partial charge in [0.2, 0.25) is 11.9 Å². The quantitative estimate of drug-likeness (QED) is 0.690. The fraction of sp³-hybridized carbons (Fsp3) is 0.273. The van der Waals surface area contributed by atoms with Crippen molar-refractivity contribution < 1.29 is 8.78 Å². The minimum Gasteiger partial charge on any atom is -0.327 e. The molecule has 0 fully saturated rings. The van der Waals surface area contributed by atoms with E-state index in [0.717, 1.165) is 18.5 Å². The predicted molar refractivity (Wildman–Crippen MR) is 52.8 cm³/mol. The lowest BCUT2D eigenvalue weighted by Gasteiger charge is -2.13. The summed E-state index contributed by atoms with van der Waals surface area (Å²) in [7, 11) is 0. The molecule has 0 spiro atoms. The first-order chi connectivity index (χ1) is 7.75. The summed E-state index contributed by atoms with van der Waals surface area (Å²) in [6.07, 6.45) is 5.12. The summed E-state index contributed by atoms with van der Waals surface area (Å²) in [6.45, 7) is 0. The van der Waals surface area contributed by atoms with Crippen LogP contribution in [0, 0.1) is 11.9 Å². The topological polar surface area (TPSA) is 30.7 Å². The number of rotatable bonds is 1. The normalized spacial score (nSPS) is 18.8. The molecule has 3 rings (SSSR count). The number of halogens is 2. The van der Waals surface area contributed by atoms with Gasteiger partial charge in [-0.1, -0.05) is 0 Å². The van der Waals surface area contributed by atoms with Gasteiger partial charge < -0.3 is 4.57 Å². The van der Waals surface area contributed by atoms with E-state index in [4.69, 9.17) is 0 Å². The number of hydrogen-bond acceptors (Lipinski definition) is 2. The molecule has 0 aromatic carbocycles. The van der Waals surface area contributed by atoms with Crippen LogP contribution >= 0.6 is 0 Å². The highest BCUT2D eigenvalue weighted by Gasteiger charge is 2.26. The van der Waals surface area contributed by atoms with Gasteiger partial charge in [0.1, 0.15) is 0 Å². The highest BCUT2D eigenvalue weighted by molar-refractivity contribution is 5.22. The minimum atomic E-state index is -0.787. The molecule has 3 nitrogen and oxygen atoms in total. The second-order valence-electron chi connectivity index (χ2n) is 3.86. The highest BCUT2D eigenvalue weighted by atomic mass is 19.1. The Labute approximate surface area is 90.8 Å². The Hall–Kier alpha value is -1.78. The zero-order valence-corrected chi connectivity index (χ0v) is 8.40. The SMILES string of the molecule is Fc1ccc(C2CCc3cncn32)c(F)n1. The molecule has 1 aliphatic rings. The summed E-state index contributed by atoms with van der Waals surface area (Å²) < 4.78 is 28.1. The monoisotopic (exact) mass is 221 g/mol. The third-order valence-corrected chi connectivity index (χ3v) is 2.96. The average molecular weight is 221 g/mol. The van der Waals surface area contributed by atoms with E-state index in [1.165, 1.54) is 12.1 Å². The molecule has 0 radical (unpaired) electrons. The van der Waals surface area contributed by atoms with Crippen molar-refractivity contribution in [2.24, 2.45) is 0 Å². The van der Waals surface area contributed by atoms with Crippen LogP contribution in [0.4, 0.5) is 8.78 Å². The van der Waals surface area contributed by atoms with E-state index in [2.05, 4.69) is 9.97 Å². The molecular weight excluding hydrogens is 212 g/mol. The molecule has 1 atom stereocenters. The van der Waals surface area contributed by atoms with Gasteiger partial charge in [-0.15, -0.1) is 0 Å². The largest absolute Gasteiger partial charge is 0.327 e. The van der Waals surface area contributed by atoms with Crippen molar-refractivity contribution in [2.75, 3.05) is 0 Å². The third-order valence-electron chi connectivity index (χ3n) is 2.96. The summed E-state index contributed by atoms with van der Waals surface area (Å²) in [5.41, 5.74) is 1.51. The smallest absolute Gasteiger partial charge is 0.220 e. The molecule has 0 amide bonds. The van der Waals surface area contributed by atoms with E-state index in [-0.39, 0.29) is 6.04 Å². The zero-order valence-electron chi connectivity index (χ0n) is 8.40. The van der Waals surface area contributed by atoms with Crippen molar-refractivity contribution in [3.63, 3.8) is 0 Å². The highest BCUT2D eigenvalue weighted by Crippen LogP contribution is 2.32. The van der Waals surface area contributed by atoms with Gasteiger partial charge in [0.25, 0.3) is 0 Å². The van der Waals surface area contributed by atoms with Gasteiger partial charge >= 0.3 is 0 Å². The maximum absolute atomic E-state index is 13.5. The Bertz CT molecular complexity index is 536. The fourth-order valence-electron chi connectivity index (χ4n) is 2.21. The van der Waals surface area contributed by atoms with Crippen LogP contribution in [0.15, 0.2) is 24.7 Å². The summed E-state index contributed by atoms with van der Waals surface area (Å²) >= 11 is 0. The van der Waals surface area contributed by atoms with Gasteiger partial charge in [-0.25, -0.2) is 4.98 Å². The molecule has 82 valence electrons. The molecule has 0 saturated carbocycles. The number of aromatic nitrogens is 3. The van der Waals surface area contributed by atoms with Gasteiger partial charge in [-0.2, -0.15) is 13.8 Å². The standard InChI is InChI=1S/C11H9F2N3/c12-10-4-2-8(11(13)15-10)9-3-1-7-5-14-6-16(7)9/h2,4-6,9H,1,3H2. The van der Waals surface area contributed by atoms with Crippen LogP contribution < -0.4 is 0 Å². The molecule has 3 heterocycles. The lowest BCUT2D eigenvalue weighted by molar-refractivity contribution is 0.479. The molecule has 16 heavy (non-hydrogen) atoms. The van der Waals surface area contributed by atoms with Gasteiger partial charge in [0.15, 0.2) is 0 Å². The molecule has 0 aliphatic carbocycles. The van der Waals surface area contributed by atoms with Gasteiger partial charge in [0.05, 0.1) is 12.4 Å². The van der Waals surface area contributed by atoms with Crippen molar-refractivity contribution in [1.29, 1.82) is 0 Å². The maximum atomic E-state index is 13.5. The molecule has 0 N–H and O–H groups in total. The van der Waals surface area contributed by atoms with E-state index in [1.54, 1.807) is 12.5 Å². The van der Waals surface area contributed by atoms with E-state index < -0.39 is 11.9 Å². The summed E-state index contributed by atoms with van der Waals surface area (Å²) in [4.78, 5) is 7.22. The predicted octanol–water partition coefficient (Wildman–Crippen LogP) is 2.09. The fourth-order valence-corrected chi connectivity index (χ4v) is 2.21. The Balaban J connectivity index is 2.06. The van der Waals surface area contributed by atoms with E-state index >= 15 is 0 Å². The van der Waals surface area contributed by atoms with Gasteiger partial charge in [-0.05, 0) is 25.0 Å². The van der Waals surface area contributed by atoms with Crippen molar-refractivity contribution >= 4 is 0 Å². The second kappa shape index (κ2) is 3.37. The zero-order chi connectivity index (χ0) is 11.1. The van der Waals surface area contributed by atoms with Crippen molar-refractivity contribution in [3.05, 3.63) is 47.8 Å². The van der Waals surface area contributed by atoms with E-state index in [1.807, 2.05) is 4.57 Å². The van der Waals surface area contributed by atoms with Crippen molar-refractivity contribution in [1.82, 2.24) is 14.5 Å². The first-order valence-electron chi connectivity index (χ1n) is 5.08. The van der Waals surface area contributed by atoms with Crippen LogP contribution in [0.3, 0.4) is 0 Å². The number of pyridine rings is 1. The molecule has 1 unspecified atom stereocenters. The molecule has 0 bridgehead atoms. The number of aryl methyl sites for hydroxylation is 1. The van der Waals surface area contributed by atoms with Crippen LogP contribution in [0.5, 0.6) is 0 Å². The Morgan fingerprint density at radius 3 is 3.00 bits per heavy atom. The van der Waals surface area contributed by atoms with Gasteiger partial charge in [0, 0.05) is 17.5 Å². The molecular formula is C11H9F2N3. The Morgan fingerprint density at radius 1 is 1.31 bits per heavy atom. The number of fused-ring (bicyclic) bond motifs is 1. The van der Waals surface area contributed by atoms with Crippen molar-refractivity contribution in [2.45, 2.75) is 18.9 Å².